The van der Waals surface area contributed by atoms with Gasteiger partial charge in [-0.25, -0.2) is 4.79 Å². The number of carbonyl (C=O) groups excluding carboxylic acids is 2. The number of carbonyl (C=O) groups is 2. The van der Waals surface area contributed by atoms with Gasteiger partial charge in [0.15, 0.2) is 0 Å². The molecule has 2 N–H and O–H groups in total. The molecule has 43 heavy (non-hydrogen) atoms. The van der Waals surface area contributed by atoms with E-state index in [0.717, 1.165) is 30.4 Å². The highest BCUT2D eigenvalue weighted by molar-refractivity contribution is 6.04. The van der Waals surface area contributed by atoms with Crippen molar-refractivity contribution in [2.24, 2.45) is 5.92 Å². The Bertz CT molecular complexity index is 1400. The first kappa shape index (κ1) is 32.9. The summed E-state index contributed by atoms with van der Waals surface area (Å²) in [5.74, 6) is 6.15. The van der Waals surface area contributed by atoms with Crippen LogP contribution in [0.3, 0.4) is 0 Å². The molecule has 0 saturated heterocycles. The van der Waals surface area contributed by atoms with Crippen LogP contribution in [-0.2, 0) is 27.5 Å². The van der Waals surface area contributed by atoms with Gasteiger partial charge in [-0.2, -0.15) is 0 Å². The molecular weight excluding hydrogens is 540 g/mol. The highest BCUT2D eigenvalue weighted by Crippen LogP contribution is 2.22. The molecule has 0 aliphatic heterocycles. The van der Waals surface area contributed by atoms with Gasteiger partial charge in [-0.3, -0.25) is 15.5 Å². The number of benzene rings is 3. The quantitative estimate of drug-likeness (QED) is 0.0747. The van der Waals surface area contributed by atoms with Gasteiger partial charge in [0.25, 0.3) is 0 Å². The lowest BCUT2D eigenvalue weighted by atomic mass is 9.97. The summed E-state index contributed by atoms with van der Waals surface area (Å²) in [6, 6.07) is 24.5. The van der Waals surface area contributed by atoms with Gasteiger partial charge in [-0.05, 0) is 56.5 Å². The smallest absolute Gasteiger partial charge is 0.413 e. The lowest BCUT2D eigenvalue weighted by Gasteiger charge is -2.20. The monoisotopic (exact) mass is 582 g/mol. The lowest BCUT2D eigenvalue weighted by Crippen LogP contribution is -2.36. The molecule has 0 fully saturated rings. The van der Waals surface area contributed by atoms with E-state index in [2.05, 4.69) is 24.1 Å². The van der Waals surface area contributed by atoms with Crippen molar-refractivity contribution in [2.75, 3.05) is 0 Å². The number of ether oxygens (including phenoxy) is 3. The molecule has 0 spiro atoms. The molecule has 3 rings (SSSR count). The number of amides is 1. The number of hydrogen-bond acceptors (Lipinski definition) is 6. The van der Waals surface area contributed by atoms with Crippen LogP contribution in [0.2, 0.25) is 0 Å². The summed E-state index contributed by atoms with van der Waals surface area (Å²) < 4.78 is 17.0. The second-order valence-corrected chi connectivity index (χ2v) is 11.3. The van der Waals surface area contributed by atoms with E-state index >= 15 is 0 Å². The van der Waals surface area contributed by atoms with Crippen molar-refractivity contribution in [1.82, 2.24) is 5.32 Å². The Morgan fingerprint density at radius 2 is 1.56 bits per heavy atom. The average Bonchev–Trinajstić information content (AvgIpc) is 2.98. The van der Waals surface area contributed by atoms with Gasteiger partial charge < -0.3 is 14.2 Å². The fourth-order valence-electron chi connectivity index (χ4n) is 4.18. The Balaban J connectivity index is 1.79. The predicted octanol–water partition coefficient (Wildman–Crippen LogP) is 7.80. The molecule has 3 aromatic rings. The standard InChI is InChI=1S/C36H42N2O5/c1-5-6-9-19-29(34(39)42-26-28-17-12-8-13-18-28)20-14-21-30-24-31(33(37)38-35(40)43-36(2,3)4)22-23-32(30)41-25-27-15-10-7-11-16-27/h7-8,10-13,15-18,22-24,29H,5-6,9,19-20,25-26H2,1-4H3,(H2,37,38,40). The van der Waals surface area contributed by atoms with Crippen LogP contribution in [0, 0.1) is 23.2 Å². The van der Waals surface area contributed by atoms with Crippen LogP contribution in [-0.4, -0.2) is 23.5 Å². The first-order valence-electron chi connectivity index (χ1n) is 14.7. The number of alkyl carbamates (subject to hydrolysis) is 1. The van der Waals surface area contributed by atoms with Gasteiger partial charge in [-0.1, -0.05) is 98.7 Å². The molecule has 0 bridgehead atoms. The van der Waals surface area contributed by atoms with Crippen molar-refractivity contribution in [2.45, 2.75) is 78.6 Å². The normalized spacial score (nSPS) is 11.4. The average molecular weight is 583 g/mol. The maximum Gasteiger partial charge on any atom is 0.413 e. The molecule has 3 aromatic carbocycles. The largest absolute Gasteiger partial charge is 0.488 e. The van der Waals surface area contributed by atoms with Gasteiger partial charge in [0.2, 0.25) is 0 Å². The van der Waals surface area contributed by atoms with Crippen LogP contribution in [0.4, 0.5) is 4.79 Å². The maximum atomic E-state index is 13.0. The van der Waals surface area contributed by atoms with Gasteiger partial charge in [-0.15, -0.1) is 0 Å². The van der Waals surface area contributed by atoms with Gasteiger partial charge in [0.1, 0.15) is 30.4 Å². The summed E-state index contributed by atoms with van der Waals surface area (Å²) in [6.45, 7) is 7.97. The number of unbranched alkanes of at least 4 members (excludes halogenated alkanes) is 2. The molecule has 7 nitrogen and oxygen atoms in total. The van der Waals surface area contributed by atoms with Crippen molar-refractivity contribution in [3.63, 3.8) is 0 Å². The van der Waals surface area contributed by atoms with Crippen LogP contribution in [0.25, 0.3) is 0 Å². The van der Waals surface area contributed by atoms with Gasteiger partial charge in [0.05, 0.1) is 11.5 Å². The van der Waals surface area contributed by atoms with Crippen LogP contribution in [0.5, 0.6) is 5.75 Å². The number of nitrogens with one attached hydrogen (secondary N) is 2. The molecule has 1 unspecified atom stereocenters. The lowest BCUT2D eigenvalue weighted by molar-refractivity contribution is -0.150. The first-order chi connectivity index (χ1) is 20.6. The van der Waals surface area contributed by atoms with E-state index < -0.39 is 11.7 Å². The van der Waals surface area contributed by atoms with Crippen molar-refractivity contribution in [1.29, 1.82) is 5.41 Å². The Morgan fingerprint density at radius 1 is 0.907 bits per heavy atom. The molecule has 0 heterocycles. The zero-order valence-electron chi connectivity index (χ0n) is 25.6. The third-order valence-corrected chi connectivity index (χ3v) is 6.42. The fraction of sp³-hybridized carbons (Fsp3) is 0.361. The Kier molecular flexibility index (Phi) is 12.8. The number of rotatable bonds is 12. The Labute approximate surface area is 255 Å². The zero-order chi connectivity index (χ0) is 31.1. The van der Waals surface area contributed by atoms with E-state index in [1.165, 1.54) is 0 Å². The first-order valence-corrected chi connectivity index (χ1v) is 14.7. The van der Waals surface area contributed by atoms with Crippen LogP contribution in [0.15, 0.2) is 78.9 Å². The molecule has 1 atom stereocenters. The van der Waals surface area contributed by atoms with Crippen molar-refractivity contribution in [3.8, 4) is 17.6 Å². The van der Waals surface area contributed by atoms with Crippen LogP contribution >= 0.6 is 0 Å². The minimum Gasteiger partial charge on any atom is -0.488 e. The zero-order valence-corrected chi connectivity index (χ0v) is 25.6. The molecule has 0 saturated carbocycles. The second-order valence-electron chi connectivity index (χ2n) is 11.3. The highest BCUT2D eigenvalue weighted by atomic mass is 16.6. The van der Waals surface area contributed by atoms with Crippen LogP contribution in [0.1, 0.15) is 82.1 Å². The minimum atomic E-state index is -0.710. The van der Waals surface area contributed by atoms with E-state index in [1.54, 1.807) is 39.0 Å². The molecule has 0 aliphatic carbocycles. The summed E-state index contributed by atoms with van der Waals surface area (Å²) in [5, 5.41) is 10.9. The molecule has 1 amide bonds. The summed E-state index contributed by atoms with van der Waals surface area (Å²) in [7, 11) is 0. The highest BCUT2D eigenvalue weighted by Gasteiger charge is 2.20. The molecule has 226 valence electrons. The maximum absolute atomic E-state index is 13.0. The van der Waals surface area contributed by atoms with Crippen molar-refractivity contribution < 1.29 is 23.8 Å². The molecule has 0 aliphatic rings. The minimum absolute atomic E-state index is 0.117. The second kappa shape index (κ2) is 16.8. The summed E-state index contributed by atoms with van der Waals surface area (Å²) in [5.41, 5.74) is 2.25. The van der Waals surface area contributed by atoms with E-state index in [1.807, 2.05) is 60.7 Å². The summed E-state index contributed by atoms with van der Waals surface area (Å²) >= 11 is 0. The van der Waals surface area contributed by atoms with E-state index in [9.17, 15) is 9.59 Å². The van der Waals surface area contributed by atoms with E-state index in [-0.39, 0.29) is 24.3 Å². The number of amidine groups is 1. The summed E-state index contributed by atoms with van der Waals surface area (Å²) in [4.78, 5) is 25.3. The third kappa shape index (κ3) is 12.1. The number of esters is 1. The van der Waals surface area contributed by atoms with Gasteiger partial charge >= 0.3 is 12.1 Å². The van der Waals surface area contributed by atoms with Crippen LogP contribution < -0.4 is 10.1 Å². The Hall–Kier alpha value is -4.57. The molecule has 7 heteroatoms. The fourth-order valence-corrected chi connectivity index (χ4v) is 4.18. The molecule has 0 radical (unpaired) electrons. The SMILES string of the molecule is CCCCCC(CC#Cc1cc(C(=N)NC(=O)OC(C)(C)C)ccc1OCc1ccccc1)C(=O)OCc1ccccc1. The van der Waals surface area contributed by atoms with Gasteiger partial charge in [0, 0.05) is 12.0 Å². The number of hydrogen-bond donors (Lipinski definition) is 2. The van der Waals surface area contributed by atoms with E-state index in [0.29, 0.717) is 36.3 Å². The Morgan fingerprint density at radius 3 is 2.19 bits per heavy atom. The van der Waals surface area contributed by atoms with E-state index in [4.69, 9.17) is 19.6 Å². The summed E-state index contributed by atoms with van der Waals surface area (Å²) in [6.07, 6.45) is 3.30. The molecule has 0 aromatic heterocycles. The predicted molar refractivity (Wildman–Crippen MR) is 169 cm³/mol. The third-order valence-electron chi connectivity index (χ3n) is 6.42. The van der Waals surface area contributed by atoms with Crippen molar-refractivity contribution in [3.05, 3.63) is 101 Å². The van der Waals surface area contributed by atoms with Crippen molar-refractivity contribution >= 4 is 17.9 Å². The molecular formula is C36H42N2O5. The topological polar surface area (TPSA) is 97.7 Å².